The first-order valence-corrected chi connectivity index (χ1v) is 28.3. The largest absolute Gasteiger partial charge is 0.395 e. The Morgan fingerprint density at radius 2 is 1.26 bits per heavy atom. The fourth-order valence-corrected chi connectivity index (χ4v) is 8.83. The molecule has 1 saturated heterocycles. The number of hydrogen-bond donors (Lipinski definition) is 12. The number of unbranched alkanes of at least 4 members (excludes halogenated alkanes) is 3. The van der Waals surface area contributed by atoms with E-state index in [1.54, 1.807) is 48.5 Å². The molecule has 1 aliphatic rings. The standard InChI is InChI=1S/C55H101N11O12/c1-16-19-20-21-23-39(56)49(75)66-26-22-24-41(66)46(72)60-40(29-33(6)28-38(69)30-37(68)18-3)45(71)59-36(9)44(70)63-53(10,11)51(77)62-43(34(7)17-2)47(73)61-42(32(4)5)48(74)64-55(14,15)52(78)65-54(12,13)50(76)58-35(8)31-57-25-27-67/h32-36,38-43,57,67,69H,16-31,56H2,1-15H3,(H,58,76)(H,59,71)(H,60,72)(H,61,73)(H,62,77)(H,63,70)(H,64,74)(H,65,78)/t33?,34-,35?,36-,38?,39-,40-,41-,42-,43-/m0/s1. The van der Waals surface area contributed by atoms with E-state index in [4.69, 9.17) is 10.8 Å². The van der Waals surface area contributed by atoms with Crippen LogP contribution in [0, 0.1) is 17.8 Å². The van der Waals surface area contributed by atoms with Crippen LogP contribution in [0.3, 0.4) is 0 Å². The third kappa shape index (κ3) is 23.6. The first-order chi connectivity index (χ1) is 36.2. The molecule has 10 atom stereocenters. The first-order valence-electron chi connectivity index (χ1n) is 28.3. The van der Waals surface area contributed by atoms with Gasteiger partial charge in [-0.2, -0.15) is 0 Å². The molecule has 448 valence electrons. The maximum atomic E-state index is 14.1. The Kier molecular flexibility index (Phi) is 30.3. The van der Waals surface area contributed by atoms with Crippen LogP contribution >= 0.6 is 0 Å². The number of aliphatic hydroxyl groups is 2. The molecule has 3 unspecified atom stereocenters. The summed E-state index contributed by atoms with van der Waals surface area (Å²) in [7, 11) is 0. The Morgan fingerprint density at radius 1 is 0.667 bits per heavy atom. The summed E-state index contributed by atoms with van der Waals surface area (Å²) in [4.78, 5) is 138. The lowest BCUT2D eigenvalue weighted by molar-refractivity contribution is -0.141. The van der Waals surface area contributed by atoms with Crippen molar-refractivity contribution in [2.75, 3.05) is 26.2 Å². The Hall–Kier alpha value is -5.26. The highest BCUT2D eigenvalue weighted by molar-refractivity contribution is 6.00. The summed E-state index contributed by atoms with van der Waals surface area (Å²) in [6.07, 6.45) is 4.85. The number of nitrogens with zero attached hydrogens (tertiary/aromatic N) is 1. The molecule has 0 radical (unpaired) electrons. The van der Waals surface area contributed by atoms with Crippen LogP contribution in [0.25, 0.3) is 0 Å². The molecule has 78 heavy (non-hydrogen) atoms. The minimum atomic E-state index is -1.68. The maximum absolute atomic E-state index is 14.1. The lowest BCUT2D eigenvalue weighted by Gasteiger charge is -2.35. The minimum absolute atomic E-state index is 0.00471. The van der Waals surface area contributed by atoms with Gasteiger partial charge in [-0.1, -0.05) is 80.6 Å². The Bertz CT molecular complexity index is 2020. The number of nitrogens with two attached hydrogens (primary N) is 1. The Morgan fingerprint density at radius 3 is 1.83 bits per heavy atom. The van der Waals surface area contributed by atoms with Crippen LogP contribution in [0.5, 0.6) is 0 Å². The van der Waals surface area contributed by atoms with Crippen molar-refractivity contribution in [2.24, 2.45) is 23.5 Å². The molecule has 0 aromatic rings. The number of Topliss-reactive ketones (excluding diaryl/α,β-unsaturated/α-hetero) is 1. The zero-order valence-electron chi connectivity index (χ0n) is 49.7. The highest BCUT2D eigenvalue weighted by atomic mass is 16.3. The molecule has 1 rings (SSSR count). The van der Waals surface area contributed by atoms with Crippen molar-refractivity contribution >= 4 is 58.9 Å². The maximum Gasteiger partial charge on any atom is 0.246 e. The number of amides is 9. The summed E-state index contributed by atoms with van der Waals surface area (Å²) in [5, 5.41) is 44.4. The predicted molar refractivity (Wildman–Crippen MR) is 298 cm³/mol. The van der Waals surface area contributed by atoms with Crippen molar-refractivity contribution in [1.29, 1.82) is 0 Å². The summed E-state index contributed by atoms with van der Waals surface area (Å²) in [6, 6.07) is -6.92. The van der Waals surface area contributed by atoms with E-state index < -0.39 is 124 Å². The average Bonchev–Trinajstić information content (AvgIpc) is 3.85. The summed E-state index contributed by atoms with van der Waals surface area (Å²) in [5.74, 6) is -7.31. The van der Waals surface area contributed by atoms with Crippen molar-refractivity contribution in [1.82, 2.24) is 52.8 Å². The highest BCUT2D eigenvalue weighted by Gasteiger charge is 2.42. The van der Waals surface area contributed by atoms with Gasteiger partial charge >= 0.3 is 0 Å². The average molecular weight is 1110 g/mol. The van der Waals surface area contributed by atoms with Crippen LogP contribution < -0.4 is 53.6 Å². The van der Waals surface area contributed by atoms with Crippen molar-refractivity contribution in [3.8, 4) is 0 Å². The van der Waals surface area contributed by atoms with E-state index in [1.165, 1.54) is 53.4 Å². The van der Waals surface area contributed by atoms with Crippen LogP contribution in [0.1, 0.15) is 181 Å². The van der Waals surface area contributed by atoms with Crippen molar-refractivity contribution in [2.45, 2.75) is 246 Å². The third-order valence-electron chi connectivity index (χ3n) is 14.2. The van der Waals surface area contributed by atoms with E-state index in [2.05, 4.69) is 54.8 Å². The van der Waals surface area contributed by atoms with E-state index in [9.17, 15) is 53.1 Å². The number of nitrogens with one attached hydrogen (secondary N) is 9. The molecule has 23 nitrogen and oxygen atoms in total. The van der Waals surface area contributed by atoms with E-state index in [0.29, 0.717) is 45.3 Å². The fourth-order valence-electron chi connectivity index (χ4n) is 8.83. The third-order valence-corrected chi connectivity index (χ3v) is 14.2. The lowest BCUT2D eigenvalue weighted by atomic mass is 9.92. The molecule has 1 heterocycles. The summed E-state index contributed by atoms with van der Waals surface area (Å²) < 4.78 is 0. The molecule has 0 spiro atoms. The SMILES string of the molecule is CCCCCC[C@H](N)C(=O)N1CCC[C@H]1C(=O)N[C@@H](CC(C)CC(O)CC(=O)CC)C(=O)N[C@@H](C)C(=O)NC(C)(C)C(=O)N[C@H](C(=O)N[C@H](C(=O)NC(C)(C)C(=O)NC(C)(C)C(=O)NC(C)CNCCO)C(C)C)[C@@H](C)CC. The molecule has 13 N–H and O–H groups in total. The quantitative estimate of drug-likeness (QED) is 0.0388. The second kappa shape index (κ2) is 33.4. The zero-order chi connectivity index (χ0) is 59.9. The molecule has 0 saturated carbocycles. The van der Waals surface area contributed by atoms with Gasteiger partial charge in [-0.05, 0) is 105 Å². The van der Waals surface area contributed by atoms with Crippen molar-refractivity contribution < 1.29 is 58.2 Å². The summed E-state index contributed by atoms with van der Waals surface area (Å²) in [6.45, 7) is 25.3. The van der Waals surface area contributed by atoms with E-state index in [-0.39, 0.29) is 50.0 Å². The van der Waals surface area contributed by atoms with Gasteiger partial charge in [-0.15, -0.1) is 0 Å². The predicted octanol–water partition coefficient (Wildman–Crippen LogP) is 0.854. The summed E-state index contributed by atoms with van der Waals surface area (Å²) >= 11 is 0. The van der Waals surface area contributed by atoms with E-state index >= 15 is 0 Å². The van der Waals surface area contributed by atoms with Gasteiger partial charge in [-0.3, -0.25) is 47.9 Å². The fraction of sp³-hybridized carbons (Fsp3) is 0.818. The molecule has 23 heteroatoms. The molecule has 1 aliphatic heterocycles. The molecule has 1 fully saturated rings. The number of ketones is 1. The number of carbonyl (C=O) groups is 10. The minimum Gasteiger partial charge on any atom is -0.395 e. The molecular formula is C55H101N11O12. The van der Waals surface area contributed by atoms with Crippen LogP contribution in [0.4, 0.5) is 0 Å². The van der Waals surface area contributed by atoms with Gasteiger partial charge in [0, 0.05) is 38.5 Å². The van der Waals surface area contributed by atoms with Crippen LogP contribution in [0.2, 0.25) is 0 Å². The second-order valence-corrected chi connectivity index (χ2v) is 23.4. The molecule has 9 amide bonds. The van der Waals surface area contributed by atoms with E-state index in [1.807, 2.05) is 0 Å². The zero-order valence-corrected chi connectivity index (χ0v) is 49.7. The molecule has 0 aliphatic carbocycles. The molecule has 0 bridgehead atoms. The van der Waals surface area contributed by atoms with Crippen molar-refractivity contribution in [3.05, 3.63) is 0 Å². The van der Waals surface area contributed by atoms with Crippen molar-refractivity contribution in [3.63, 3.8) is 0 Å². The highest BCUT2D eigenvalue weighted by Crippen LogP contribution is 2.22. The molecule has 0 aromatic carbocycles. The second-order valence-electron chi connectivity index (χ2n) is 23.4. The number of rotatable bonds is 36. The smallest absolute Gasteiger partial charge is 0.246 e. The number of carbonyl (C=O) groups excluding carboxylic acids is 10. The van der Waals surface area contributed by atoms with Gasteiger partial charge in [-0.25, -0.2) is 0 Å². The Balaban J connectivity index is 3.23. The first kappa shape index (κ1) is 70.8. The van der Waals surface area contributed by atoms with Gasteiger partial charge in [0.1, 0.15) is 52.6 Å². The lowest BCUT2D eigenvalue weighted by Crippen LogP contribution is -2.66. The monoisotopic (exact) mass is 1110 g/mol. The topological polar surface area (TPSA) is 349 Å². The summed E-state index contributed by atoms with van der Waals surface area (Å²) in [5.41, 5.74) is 1.65. The molecular weight excluding hydrogens is 1010 g/mol. The van der Waals surface area contributed by atoms with Gasteiger partial charge in [0.25, 0.3) is 0 Å². The van der Waals surface area contributed by atoms with Gasteiger partial charge in [0.2, 0.25) is 53.2 Å². The van der Waals surface area contributed by atoms with Crippen LogP contribution in [-0.2, 0) is 47.9 Å². The normalized spacial score (nSPS) is 17.4. The van der Waals surface area contributed by atoms with Crippen LogP contribution in [0.15, 0.2) is 0 Å². The van der Waals surface area contributed by atoms with Gasteiger partial charge < -0.3 is 68.7 Å². The Labute approximate surface area is 464 Å². The number of hydrogen-bond acceptors (Lipinski definition) is 14. The van der Waals surface area contributed by atoms with Gasteiger partial charge in [0.05, 0.1) is 18.8 Å². The van der Waals surface area contributed by atoms with E-state index in [0.717, 1.165) is 25.7 Å². The number of likely N-dealkylation sites (tertiary alicyclic amines) is 1. The van der Waals surface area contributed by atoms with Crippen LogP contribution in [-0.4, -0.2) is 165 Å². The van der Waals surface area contributed by atoms with Gasteiger partial charge in [0.15, 0.2) is 0 Å². The molecule has 0 aromatic heterocycles. The number of aliphatic hydroxyl groups excluding tert-OH is 2.